The summed E-state index contributed by atoms with van der Waals surface area (Å²) in [6.45, 7) is 6.56. The van der Waals surface area contributed by atoms with E-state index in [1.807, 2.05) is 33.3 Å². The van der Waals surface area contributed by atoms with Gasteiger partial charge in [-0.1, -0.05) is 252 Å². The van der Waals surface area contributed by atoms with Crippen LogP contribution in [0, 0.1) is 0 Å². The zero-order valence-corrected chi connectivity index (χ0v) is 51.7. The first-order chi connectivity index (χ1) is 37.9. The summed E-state index contributed by atoms with van der Waals surface area (Å²) in [4.78, 5) is 40.0. The molecule has 10 heteroatoms. The Hall–Kier alpha value is -3.59. The van der Waals surface area contributed by atoms with Gasteiger partial charge in [0.25, 0.3) is 7.82 Å². The molecule has 446 valence electrons. The maximum absolute atomic E-state index is 13.5. The second-order valence-corrected chi connectivity index (χ2v) is 23.3. The number of hydrogen-bond donors (Lipinski definition) is 1. The zero-order chi connectivity index (χ0) is 57.2. The molecule has 0 aromatic carbocycles. The van der Waals surface area contributed by atoms with E-state index in [0.29, 0.717) is 23.9 Å². The van der Waals surface area contributed by atoms with Gasteiger partial charge in [-0.15, -0.1) is 0 Å². The lowest BCUT2D eigenvalue weighted by molar-refractivity contribution is -0.870. The summed E-state index contributed by atoms with van der Waals surface area (Å²) in [5, 5.41) is 3.01. The van der Waals surface area contributed by atoms with E-state index < -0.39 is 26.6 Å². The van der Waals surface area contributed by atoms with Crippen molar-refractivity contribution in [1.29, 1.82) is 0 Å². The van der Waals surface area contributed by atoms with E-state index in [1.165, 1.54) is 70.6 Å². The predicted octanol–water partition coefficient (Wildman–Crippen LogP) is 18.9. The standard InChI is InChI=1S/C68H117N2O7P/c1-7-10-13-16-19-22-25-28-30-31-32-33-34-35-36-37-38-39-41-43-46-49-52-55-58-61-68(72)77-66(59-56-53-50-47-44-27-24-21-18-15-12-9-3)65(64-76-78(73,74)75-63-62-70(4,5)6)69-67(71)60-57-54-51-48-45-42-40-29-26-23-20-17-14-11-8-2/h10-11,13-14,17,19-20,22-23,26,28,30,32-33,35-36,38-39,56,59,65-66H,7-9,12,15-16,18,21,24-25,27,29,31,34,37,40-55,57-58,60-64H2,1-6H3,(H-,69,71,73,74)/b13-10-,14-11+,20-17+,22-19-,26-23+,30-28-,33-32-,36-35-,39-38-,59-56-. The molecule has 0 heterocycles. The predicted molar refractivity (Wildman–Crippen MR) is 334 cm³/mol. The van der Waals surface area contributed by atoms with Crippen molar-refractivity contribution in [3.63, 3.8) is 0 Å². The van der Waals surface area contributed by atoms with Crippen molar-refractivity contribution in [2.24, 2.45) is 0 Å². The molecular weight excluding hydrogens is 988 g/mol. The normalized spacial score (nSPS) is 14.5. The summed E-state index contributed by atoms with van der Waals surface area (Å²) in [5.41, 5.74) is 0. The summed E-state index contributed by atoms with van der Waals surface area (Å²) in [5.74, 6) is -0.580. The number of carbonyl (C=O) groups is 2. The summed E-state index contributed by atoms with van der Waals surface area (Å²) in [6, 6.07) is -0.909. The maximum atomic E-state index is 13.5. The second kappa shape index (κ2) is 56.7. The maximum Gasteiger partial charge on any atom is 0.306 e. The lowest BCUT2D eigenvalue weighted by Crippen LogP contribution is -2.47. The fourth-order valence-corrected chi connectivity index (χ4v) is 9.13. The first-order valence-electron chi connectivity index (χ1n) is 31.4. The number of allylic oxidation sites excluding steroid dienone is 19. The highest BCUT2D eigenvalue weighted by Gasteiger charge is 2.27. The first kappa shape index (κ1) is 74.4. The van der Waals surface area contributed by atoms with E-state index >= 15 is 0 Å². The van der Waals surface area contributed by atoms with Crippen molar-refractivity contribution in [1.82, 2.24) is 5.32 Å². The van der Waals surface area contributed by atoms with Crippen LogP contribution in [-0.4, -0.2) is 69.4 Å². The molecule has 9 nitrogen and oxygen atoms in total. The van der Waals surface area contributed by atoms with Crippen LogP contribution in [0.4, 0.5) is 0 Å². The van der Waals surface area contributed by atoms with Gasteiger partial charge in [0.1, 0.15) is 19.3 Å². The van der Waals surface area contributed by atoms with Gasteiger partial charge in [-0.2, -0.15) is 0 Å². The van der Waals surface area contributed by atoms with E-state index in [2.05, 4.69) is 135 Å². The van der Waals surface area contributed by atoms with Gasteiger partial charge < -0.3 is 28.5 Å². The monoisotopic (exact) mass is 1100 g/mol. The number of nitrogens with zero attached hydrogens (tertiary/aromatic N) is 1. The van der Waals surface area contributed by atoms with E-state index in [4.69, 9.17) is 13.8 Å². The molecule has 0 aromatic heterocycles. The molecular formula is C68H117N2O7P. The van der Waals surface area contributed by atoms with Gasteiger partial charge in [0.05, 0.1) is 33.8 Å². The topological polar surface area (TPSA) is 114 Å². The van der Waals surface area contributed by atoms with E-state index in [0.717, 1.165) is 135 Å². The summed E-state index contributed by atoms with van der Waals surface area (Å²) >= 11 is 0. The van der Waals surface area contributed by atoms with Crippen molar-refractivity contribution < 1.29 is 37.3 Å². The summed E-state index contributed by atoms with van der Waals surface area (Å²) < 4.78 is 30.3. The number of amides is 1. The van der Waals surface area contributed by atoms with E-state index in [-0.39, 0.29) is 24.9 Å². The zero-order valence-electron chi connectivity index (χ0n) is 50.8. The van der Waals surface area contributed by atoms with Crippen LogP contribution in [0.1, 0.15) is 245 Å². The van der Waals surface area contributed by atoms with E-state index in [1.54, 1.807) is 0 Å². The minimum atomic E-state index is -4.71. The quantitative estimate of drug-likeness (QED) is 0.0161. The number of phosphoric acid groups is 1. The van der Waals surface area contributed by atoms with Crippen molar-refractivity contribution >= 4 is 19.7 Å². The SMILES string of the molecule is CC/C=C\C/C=C\C/C=C\C/C=C\C/C=C\C/C=C\CCCCCCCCC(=O)OC(/C=C\CCCCCCCCCCCC)C(COP(=O)([O-])OCC[N+](C)(C)C)NC(=O)CCCCCCCCC/C=C/C=C/C=C/CC. The highest BCUT2D eigenvalue weighted by molar-refractivity contribution is 7.45. The Morgan fingerprint density at radius 2 is 0.885 bits per heavy atom. The number of hydrogen-bond acceptors (Lipinski definition) is 7. The van der Waals surface area contributed by atoms with Crippen LogP contribution < -0.4 is 10.2 Å². The molecule has 0 aliphatic carbocycles. The molecule has 0 rings (SSSR count). The van der Waals surface area contributed by atoms with Crippen LogP contribution in [-0.2, 0) is 27.9 Å². The van der Waals surface area contributed by atoms with Gasteiger partial charge in [-0.25, -0.2) is 0 Å². The number of ether oxygens (including phenoxy) is 1. The average Bonchev–Trinajstić information content (AvgIpc) is 3.40. The van der Waals surface area contributed by atoms with Crippen molar-refractivity contribution in [3.05, 3.63) is 122 Å². The Balaban J connectivity index is 5.24. The Bertz CT molecular complexity index is 1750. The Morgan fingerprint density at radius 3 is 1.37 bits per heavy atom. The van der Waals surface area contributed by atoms with Gasteiger partial charge in [-0.05, 0) is 102 Å². The third-order valence-electron chi connectivity index (χ3n) is 13.2. The number of phosphoric ester groups is 1. The lowest BCUT2D eigenvalue weighted by Gasteiger charge is -2.30. The molecule has 1 N–H and O–H groups in total. The molecule has 0 aliphatic heterocycles. The summed E-state index contributed by atoms with van der Waals surface area (Å²) in [6.07, 6.45) is 78.8. The molecule has 3 atom stereocenters. The van der Waals surface area contributed by atoms with Gasteiger partial charge in [0, 0.05) is 12.8 Å². The second-order valence-electron chi connectivity index (χ2n) is 21.9. The van der Waals surface area contributed by atoms with Gasteiger partial charge in [-0.3, -0.25) is 14.2 Å². The highest BCUT2D eigenvalue weighted by atomic mass is 31.2. The third-order valence-corrected chi connectivity index (χ3v) is 14.2. The average molecular weight is 1110 g/mol. The molecule has 0 saturated carbocycles. The molecule has 0 spiro atoms. The van der Waals surface area contributed by atoms with Crippen molar-refractivity contribution in [2.75, 3.05) is 40.9 Å². The molecule has 0 aromatic rings. The van der Waals surface area contributed by atoms with Gasteiger partial charge >= 0.3 is 5.97 Å². The highest BCUT2D eigenvalue weighted by Crippen LogP contribution is 2.38. The number of carbonyl (C=O) groups excluding carboxylic acids is 2. The Kier molecular flexibility index (Phi) is 54.1. The molecule has 3 unspecified atom stereocenters. The van der Waals surface area contributed by atoms with Crippen LogP contribution in [0.15, 0.2) is 122 Å². The number of likely N-dealkylation sites (N-methyl/N-ethyl adjacent to an activating group) is 1. The Morgan fingerprint density at radius 1 is 0.474 bits per heavy atom. The fraction of sp³-hybridized carbons (Fsp3) is 0.676. The van der Waals surface area contributed by atoms with Crippen LogP contribution in [0.25, 0.3) is 0 Å². The van der Waals surface area contributed by atoms with E-state index in [9.17, 15) is 19.0 Å². The number of unbranched alkanes of at least 4 members (excludes halogenated alkanes) is 23. The fourth-order valence-electron chi connectivity index (χ4n) is 8.41. The number of nitrogens with one attached hydrogen (secondary N) is 1. The van der Waals surface area contributed by atoms with Crippen LogP contribution >= 0.6 is 7.82 Å². The molecule has 0 aliphatic rings. The molecule has 0 bridgehead atoms. The number of quaternary nitrogens is 1. The minimum Gasteiger partial charge on any atom is -0.756 e. The number of rotatable bonds is 55. The molecule has 1 amide bonds. The largest absolute Gasteiger partial charge is 0.756 e. The van der Waals surface area contributed by atoms with Crippen LogP contribution in [0.2, 0.25) is 0 Å². The van der Waals surface area contributed by atoms with Gasteiger partial charge in [0.2, 0.25) is 5.91 Å². The smallest absolute Gasteiger partial charge is 0.306 e. The molecule has 0 radical (unpaired) electrons. The minimum absolute atomic E-state index is 0.0339. The van der Waals surface area contributed by atoms with Crippen molar-refractivity contribution in [2.45, 2.75) is 258 Å². The summed E-state index contributed by atoms with van der Waals surface area (Å²) in [7, 11) is 1.15. The Labute approximate surface area is 480 Å². The van der Waals surface area contributed by atoms with Crippen molar-refractivity contribution in [3.8, 4) is 0 Å². The molecule has 0 fully saturated rings. The first-order valence-corrected chi connectivity index (χ1v) is 32.8. The lowest BCUT2D eigenvalue weighted by atomic mass is 10.0. The molecule has 0 saturated heterocycles. The van der Waals surface area contributed by atoms with Gasteiger partial charge in [0.15, 0.2) is 0 Å². The van der Waals surface area contributed by atoms with Crippen LogP contribution in [0.3, 0.4) is 0 Å². The third kappa shape index (κ3) is 57.1. The molecule has 78 heavy (non-hydrogen) atoms. The van der Waals surface area contributed by atoms with Crippen LogP contribution in [0.5, 0.6) is 0 Å². The number of esters is 1.